The van der Waals surface area contributed by atoms with E-state index < -0.39 is 17.8 Å². The van der Waals surface area contributed by atoms with Crippen molar-refractivity contribution in [3.8, 4) is 5.75 Å². The summed E-state index contributed by atoms with van der Waals surface area (Å²) in [6.07, 6.45) is -0.794. The predicted octanol–water partition coefficient (Wildman–Crippen LogP) is 1.24. The summed E-state index contributed by atoms with van der Waals surface area (Å²) in [5, 5.41) is 0.103. The highest BCUT2D eigenvalue weighted by Crippen LogP contribution is 2.25. The Hall–Kier alpha value is -1.33. The van der Waals surface area contributed by atoms with Crippen molar-refractivity contribution in [3.63, 3.8) is 0 Å². The van der Waals surface area contributed by atoms with Gasteiger partial charge in [0.15, 0.2) is 6.10 Å². The maximum atomic E-state index is 12.7. The number of benzene rings is 1. The lowest BCUT2D eigenvalue weighted by molar-refractivity contribution is -0.127. The molecule has 82 valence electrons. The number of hydrogen-bond acceptors (Lipinski definition) is 3. The Balaban J connectivity index is 2.76. The van der Waals surface area contributed by atoms with Gasteiger partial charge in [0.25, 0.3) is 5.91 Å². The normalized spacial score (nSPS) is 12.0. The van der Waals surface area contributed by atoms with E-state index in [1.165, 1.54) is 19.1 Å². The summed E-state index contributed by atoms with van der Waals surface area (Å²) in [7, 11) is 0. The van der Waals surface area contributed by atoms with Crippen molar-refractivity contribution < 1.29 is 13.9 Å². The number of ether oxygens (including phenoxy) is 1. The highest BCUT2D eigenvalue weighted by atomic mass is 35.5. The van der Waals surface area contributed by atoms with Crippen LogP contribution in [0.1, 0.15) is 6.92 Å². The van der Waals surface area contributed by atoms with Gasteiger partial charge < -0.3 is 4.74 Å². The zero-order valence-electron chi connectivity index (χ0n) is 7.96. The molecule has 0 fully saturated rings. The van der Waals surface area contributed by atoms with Crippen LogP contribution in [0.4, 0.5) is 4.39 Å². The molecule has 0 saturated heterocycles. The van der Waals surface area contributed by atoms with Crippen LogP contribution in [0.15, 0.2) is 18.2 Å². The SMILES string of the molecule is CC(Oc1ccc(F)cc1Cl)C(=O)NN. The molecular weight excluding hydrogens is 223 g/mol. The van der Waals surface area contributed by atoms with E-state index in [2.05, 4.69) is 0 Å². The minimum absolute atomic E-state index is 0.103. The average Bonchev–Trinajstić information content (AvgIpc) is 2.20. The molecule has 0 radical (unpaired) electrons. The minimum Gasteiger partial charge on any atom is -0.479 e. The molecule has 1 atom stereocenters. The minimum atomic E-state index is -0.794. The first-order valence-corrected chi connectivity index (χ1v) is 4.54. The highest BCUT2D eigenvalue weighted by Gasteiger charge is 2.14. The van der Waals surface area contributed by atoms with Gasteiger partial charge >= 0.3 is 0 Å². The molecule has 0 aromatic heterocycles. The maximum absolute atomic E-state index is 12.7. The molecule has 0 aliphatic carbocycles. The number of hydrogen-bond donors (Lipinski definition) is 2. The summed E-state index contributed by atoms with van der Waals surface area (Å²) in [4.78, 5) is 11.0. The van der Waals surface area contributed by atoms with Gasteiger partial charge in [-0.3, -0.25) is 10.2 Å². The Kier molecular flexibility index (Phi) is 3.88. The van der Waals surface area contributed by atoms with Gasteiger partial charge in [0.05, 0.1) is 5.02 Å². The second-order valence-electron chi connectivity index (χ2n) is 2.84. The third-order valence-corrected chi connectivity index (χ3v) is 2.00. The number of amides is 1. The van der Waals surface area contributed by atoms with Crippen molar-refractivity contribution in [2.24, 2.45) is 5.84 Å². The molecule has 15 heavy (non-hydrogen) atoms. The number of carbonyl (C=O) groups excluding carboxylic acids is 1. The summed E-state index contributed by atoms with van der Waals surface area (Å²) in [5.41, 5.74) is 1.93. The van der Waals surface area contributed by atoms with E-state index in [1.807, 2.05) is 5.43 Å². The molecule has 0 saturated carbocycles. The lowest BCUT2D eigenvalue weighted by atomic mass is 10.3. The van der Waals surface area contributed by atoms with Crippen molar-refractivity contribution in [1.29, 1.82) is 0 Å². The van der Waals surface area contributed by atoms with Crippen LogP contribution in [-0.2, 0) is 4.79 Å². The first-order chi connectivity index (χ1) is 7.04. The average molecular weight is 233 g/mol. The molecular formula is C9H10ClFN2O2. The van der Waals surface area contributed by atoms with E-state index in [0.717, 1.165) is 6.07 Å². The quantitative estimate of drug-likeness (QED) is 0.468. The molecule has 0 aliphatic heterocycles. The lowest BCUT2D eigenvalue weighted by Crippen LogP contribution is -2.40. The van der Waals surface area contributed by atoms with E-state index in [9.17, 15) is 9.18 Å². The molecule has 1 aromatic rings. The molecule has 0 aliphatic rings. The van der Waals surface area contributed by atoms with Gasteiger partial charge in [0.2, 0.25) is 0 Å². The third-order valence-electron chi connectivity index (χ3n) is 1.71. The Labute approximate surface area is 91.1 Å². The Morgan fingerprint density at radius 3 is 2.87 bits per heavy atom. The van der Waals surface area contributed by atoms with Crippen LogP contribution in [0.3, 0.4) is 0 Å². The van der Waals surface area contributed by atoms with Gasteiger partial charge in [0.1, 0.15) is 11.6 Å². The van der Waals surface area contributed by atoms with Gasteiger partial charge in [-0.15, -0.1) is 0 Å². The fourth-order valence-electron chi connectivity index (χ4n) is 0.932. The summed E-state index contributed by atoms with van der Waals surface area (Å²) < 4.78 is 17.8. The zero-order chi connectivity index (χ0) is 11.4. The van der Waals surface area contributed by atoms with Gasteiger partial charge in [-0.1, -0.05) is 11.6 Å². The zero-order valence-corrected chi connectivity index (χ0v) is 8.72. The smallest absolute Gasteiger partial charge is 0.274 e. The van der Waals surface area contributed by atoms with E-state index in [0.29, 0.717) is 0 Å². The van der Waals surface area contributed by atoms with Gasteiger partial charge in [-0.2, -0.15) is 0 Å². The molecule has 4 nitrogen and oxygen atoms in total. The van der Waals surface area contributed by atoms with E-state index in [4.69, 9.17) is 22.2 Å². The summed E-state index contributed by atoms with van der Waals surface area (Å²) >= 11 is 5.69. The molecule has 0 heterocycles. The van der Waals surface area contributed by atoms with Crippen molar-refractivity contribution in [1.82, 2.24) is 5.43 Å². The van der Waals surface area contributed by atoms with Crippen molar-refractivity contribution in [2.75, 3.05) is 0 Å². The van der Waals surface area contributed by atoms with Gasteiger partial charge in [-0.25, -0.2) is 10.2 Å². The standard InChI is InChI=1S/C9H10ClFN2O2/c1-5(9(14)13-12)15-8-3-2-6(11)4-7(8)10/h2-5H,12H2,1H3,(H,13,14). The third kappa shape index (κ3) is 3.07. The molecule has 3 N–H and O–H groups in total. The van der Waals surface area contributed by atoms with Gasteiger partial charge in [0, 0.05) is 0 Å². The van der Waals surface area contributed by atoms with Crippen LogP contribution in [0.2, 0.25) is 5.02 Å². The highest BCUT2D eigenvalue weighted by molar-refractivity contribution is 6.32. The number of rotatable bonds is 3. The molecule has 1 aromatic carbocycles. The Morgan fingerprint density at radius 1 is 1.67 bits per heavy atom. The van der Waals surface area contributed by atoms with E-state index >= 15 is 0 Å². The number of nitrogens with one attached hydrogen (secondary N) is 1. The van der Waals surface area contributed by atoms with Crippen molar-refractivity contribution in [3.05, 3.63) is 29.0 Å². The van der Waals surface area contributed by atoms with Gasteiger partial charge in [-0.05, 0) is 25.1 Å². The predicted molar refractivity (Wildman–Crippen MR) is 53.8 cm³/mol. The van der Waals surface area contributed by atoms with Crippen LogP contribution < -0.4 is 16.0 Å². The second-order valence-corrected chi connectivity index (χ2v) is 3.25. The summed E-state index contributed by atoms with van der Waals surface area (Å²) in [6, 6.07) is 3.64. The largest absolute Gasteiger partial charge is 0.479 e. The number of halogens is 2. The first kappa shape index (κ1) is 11.7. The second kappa shape index (κ2) is 4.95. The molecule has 1 amide bonds. The van der Waals surface area contributed by atoms with Crippen LogP contribution in [0.5, 0.6) is 5.75 Å². The summed E-state index contributed by atoms with van der Waals surface area (Å²) in [5.74, 6) is 4.19. The fraction of sp³-hybridized carbons (Fsp3) is 0.222. The number of carbonyl (C=O) groups is 1. The molecule has 1 rings (SSSR count). The number of hydrazine groups is 1. The monoisotopic (exact) mass is 232 g/mol. The van der Waals surface area contributed by atoms with E-state index in [1.54, 1.807) is 0 Å². The van der Waals surface area contributed by atoms with E-state index in [-0.39, 0.29) is 10.8 Å². The molecule has 6 heteroatoms. The Morgan fingerprint density at radius 2 is 2.33 bits per heavy atom. The van der Waals surface area contributed by atoms with Crippen LogP contribution in [-0.4, -0.2) is 12.0 Å². The number of nitrogens with two attached hydrogens (primary N) is 1. The summed E-state index contributed by atoms with van der Waals surface area (Å²) in [6.45, 7) is 1.50. The Bertz CT molecular complexity index is 373. The lowest BCUT2D eigenvalue weighted by Gasteiger charge is -2.13. The first-order valence-electron chi connectivity index (χ1n) is 4.16. The topological polar surface area (TPSA) is 64.3 Å². The fourth-order valence-corrected chi connectivity index (χ4v) is 1.14. The van der Waals surface area contributed by atoms with Crippen LogP contribution >= 0.6 is 11.6 Å². The van der Waals surface area contributed by atoms with Crippen molar-refractivity contribution >= 4 is 17.5 Å². The van der Waals surface area contributed by atoms with Crippen molar-refractivity contribution in [2.45, 2.75) is 13.0 Å². The molecule has 0 spiro atoms. The molecule has 0 bridgehead atoms. The maximum Gasteiger partial charge on any atom is 0.274 e. The van der Waals surface area contributed by atoms with Crippen LogP contribution in [0.25, 0.3) is 0 Å². The molecule has 1 unspecified atom stereocenters. The van der Waals surface area contributed by atoms with Crippen LogP contribution in [0, 0.1) is 5.82 Å².